The molecule has 1 aromatic carbocycles. The van der Waals surface area contributed by atoms with Crippen LogP contribution in [0, 0.1) is 12.7 Å². The number of esters is 1. The fraction of sp³-hybridized carbons (Fsp3) is 0.375. The van der Waals surface area contributed by atoms with E-state index in [1.165, 1.54) is 18.3 Å². The first-order chi connectivity index (χ1) is 10.4. The Bertz CT molecular complexity index is 651. The maximum Gasteiger partial charge on any atom is 0.343 e. The molecule has 2 rings (SSSR count). The van der Waals surface area contributed by atoms with Crippen molar-refractivity contribution in [3.8, 4) is 0 Å². The SMILES string of the molecule is CCOC(=O)/C(C=NC1CC1)=C(\O)c1cc(C)c(Br)cc1F. The van der Waals surface area contributed by atoms with Gasteiger partial charge >= 0.3 is 5.97 Å². The molecule has 6 heteroatoms. The zero-order valence-corrected chi connectivity index (χ0v) is 14.0. The summed E-state index contributed by atoms with van der Waals surface area (Å²) in [5.41, 5.74) is 0.561. The summed E-state index contributed by atoms with van der Waals surface area (Å²) in [5, 5.41) is 10.3. The molecule has 0 atom stereocenters. The summed E-state index contributed by atoms with van der Waals surface area (Å²) < 4.78 is 19.6. The standard InChI is InChI=1S/C16H17BrFNO3/c1-3-22-16(21)12(8-19-10-4-5-10)15(20)11-6-9(2)13(17)7-14(11)18/h6-8,10,20H,3-5H2,1-2H3/b15-12-,19-8?. The summed E-state index contributed by atoms with van der Waals surface area (Å²) in [5.74, 6) is -1.81. The van der Waals surface area contributed by atoms with Crippen molar-refractivity contribution in [1.82, 2.24) is 0 Å². The van der Waals surface area contributed by atoms with Gasteiger partial charge in [0.1, 0.15) is 17.1 Å². The van der Waals surface area contributed by atoms with E-state index in [1.807, 2.05) is 0 Å². The first-order valence-corrected chi connectivity index (χ1v) is 7.82. The summed E-state index contributed by atoms with van der Waals surface area (Å²) in [6.45, 7) is 3.59. The number of benzene rings is 1. The number of carbonyl (C=O) groups excluding carboxylic acids is 1. The molecule has 1 N–H and O–H groups in total. The number of rotatable bonds is 5. The number of aliphatic hydroxyl groups excluding tert-OH is 1. The Kier molecular flexibility index (Phi) is 5.34. The van der Waals surface area contributed by atoms with Gasteiger partial charge in [0, 0.05) is 10.7 Å². The summed E-state index contributed by atoms with van der Waals surface area (Å²) in [4.78, 5) is 16.2. The van der Waals surface area contributed by atoms with Crippen LogP contribution >= 0.6 is 15.9 Å². The lowest BCUT2D eigenvalue weighted by molar-refractivity contribution is -0.137. The van der Waals surface area contributed by atoms with Crippen LogP contribution in [0.3, 0.4) is 0 Å². The van der Waals surface area contributed by atoms with Crippen LogP contribution in [0.2, 0.25) is 0 Å². The van der Waals surface area contributed by atoms with E-state index in [-0.39, 0.29) is 23.8 Å². The number of nitrogens with zero attached hydrogens (tertiary/aromatic N) is 1. The highest BCUT2D eigenvalue weighted by molar-refractivity contribution is 9.10. The summed E-state index contributed by atoms with van der Waals surface area (Å²) >= 11 is 3.22. The number of carbonyl (C=O) groups is 1. The molecular weight excluding hydrogens is 353 g/mol. The van der Waals surface area contributed by atoms with Gasteiger partial charge in [0.25, 0.3) is 0 Å². The number of halogens is 2. The van der Waals surface area contributed by atoms with Gasteiger partial charge in [0.2, 0.25) is 0 Å². The number of aliphatic imine (C=N–C) groups is 1. The summed E-state index contributed by atoms with van der Waals surface area (Å²) in [7, 11) is 0. The molecule has 0 spiro atoms. The zero-order chi connectivity index (χ0) is 16.3. The molecule has 0 radical (unpaired) electrons. The minimum Gasteiger partial charge on any atom is -0.506 e. The van der Waals surface area contributed by atoms with Gasteiger partial charge in [0.15, 0.2) is 0 Å². The average Bonchev–Trinajstić information content (AvgIpc) is 3.27. The van der Waals surface area contributed by atoms with E-state index in [0.29, 0.717) is 4.47 Å². The molecule has 1 fully saturated rings. The molecule has 0 aliphatic heterocycles. The van der Waals surface area contributed by atoms with Crippen molar-refractivity contribution in [2.45, 2.75) is 32.7 Å². The molecule has 118 valence electrons. The van der Waals surface area contributed by atoms with Crippen molar-refractivity contribution in [3.63, 3.8) is 0 Å². The first-order valence-electron chi connectivity index (χ1n) is 7.03. The Labute approximate surface area is 136 Å². The molecular formula is C16H17BrFNO3. The molecule has 0 bridgehead atoms. The Morgan fingerprint density at radius 1 is 1.55 bits per heavy atom. The second kappa shape index (κ2) is 7.05. The minimum absolute atomic E-state index is 0.0500. The Hall–Kier alpha value is -1.69. The monoisotopic (exact) mass is 369 g/mol. The van der Waals surface area contributed by atoms with Crippen LogP contribution in [-0.4, -0.2) is 29.9 Å². The Balaban J connectivity index is 2.47. The molecule has 4 nitrogen and oxygen atoms in total. The third kappa shape index (κ3) is 3.94. The molecule has 1 aromatic rings. The molecule has 0 aromatic heterocycles. The number of hydrogen-bond acceptors (Lipinski definition) is 4. The Morgan fingerprint density at radius 2 is 2.23 bits per heavy atom. The maximum absolute atomic E-state index is 14.1. The number of hydrogen-bond donors (Lipinski definition) is 1. The van der Waals surface area contributed by atoms with E-state index in [4.69, 9.17) is 4.74 Å². The van der Waals surface area contributed by atoms with Crippen molar-refractivity contribution < 1.29 is 19.0 Å². The lowest BCUT2D eigenvalue weighted by atomic mass is 10.1. The van der Waals surface area contributed by atoms with Gasteiger partial charge < -0.3 is 9.84 Å². The van der Waals surface area contributed by atoms with Crippen molar-refractivity contribution in [2.24, 2.45) is 4.99 Å². The largest absolute Gasteiger partial charge is 0.506 e. The van der Waals surface area contributed by atoms with Gasteiger partial charge in [-0.3, -0.25) is 4.99 Å². The van der Waals surface area contributed by atoms with E-state index in [9.17, 15) is 14.3 Å². The normalized spacial score (nSPS) is 15.8. The summed E-state index contributed by atoms with van der Waals surface area (Å²) in [6, 6.07) is 2.90. The van der Waals surface area contributed by atoms with Crippen LogP contribution in [0.15, 0.2) is 27.2 Å². The van der Waals surface area contributed by atoms with Gasteiger partial charge in [-0.05, 0) is 44.4 Å². The minimum atomic E-state index is -0.718. The number of ether oxygens (including phenoxy) is 1. The fourth-order valence-electron chi connectivity index (χ4n) is 1.81. The van der Waals surface area contributed by atoms with E-state index >= 15 is 0 Å². The fourth-order valence-corrected chi connectivity index (χ4v) is 2.12. The van der Waals surface area contributed by atoms with Crippen molar-refractivity contribution >= 4 is 33.9 Å². The molecule has 1 saturated carbocycles. The second-order valence-electron chi connectivity index (χ2n) is 5.07. The predicted molar refractivity (Wildman–Crippen MR) is 86.5 cm³/mol. The quantitative estimate of drug-likeness (QED) is 0.369. The van der Waals surface area contributed by atoms with Crippen molar-refractivity contribution in [1.29, 1.82) is 0 Å². The Morgan fingerprint density at radius 3 is 2.82 bits per heavy atom. The van der Waals surface area contributed by atoms with Crippen LogP contribution in [0.4, 0.5) is 4.39 Å². The van der Waals surface area contributed by atoms with Crippen molar-refractivity contribution in [3.05, 3.63) is 39.1 Å². The third-order valence-electron chi connectivity index (χ3n) is 3.22. The highest BCUT2D eigenvalue weighted by Crippen LogP contribution is 2.27. The van der Waals surface area contributed by atoms with Crippen LogP contribution in [0.25, 0.3) is 5.76 Å². The zero-order valence-electron chi connectivity index (χ0n) is 12.4. The molecule has 0 unspecified atom stereocenters. The smallest absolute Gasteiger partial charge is 0.343 e. The van der Waals surface area contributed by atoms with Crippen LogP contribution in [-0.2, 0) is 9.53 Å². The van der Waals surface area contributed by atoms with Gasteiger partial charge in [-0.1, -0.05) is 15.9 Å². The lowest BCUT2D eigenvalue weighted by Crippen LogP contribution is -2.12. The lowest BCUT2D eigenvalue weighted by Gasteiger charge is -2.09. The van der Waals surface area contributed by atoms with Crippen LogP contribution in [0.5, 0.6) is 0 Å². The van der Waals surface area contributed by atoms with Crippen LogP contribution in [0.1, 0.15) is 30.9 Å². The molecule has 0 heterocycles. The molecule has 1 aliphatic rings. The maximum atomic E-state index is 14.1. The number of aryl methyl sites for hydroxylation is 1. The number of aliphatic hydroxyl groups is 1. The highest BCUT2D eigenvalue weighted by atomic mass is 79.9. The molecule has 0 saturated heterocycles. The third-order valence-corrected chi connectivity index (χ3v) is 4.07. The topological polar surface area (TPSA) is 58.9 Å². The van der Waals surface area contributed by atoms with Gasteiger partial charge in [-0.15, -0.1) is 0 Å². The van der Waals surface area contributed by atoms with Crippen molar-refractivity contribution in [2.75, 3.05) is 6.61 Å². The summed E-state index contributed by atoms with van der Waals surface area (Å²) in [6.07, 6.45) is 3.19. The van der Waals surface area contributed by atoms with Gasteiger partial charge in [-0.25, -0.2) is 9.18 Å². The average molecular weight is 370 g/mol. The van der Waals surface area contributed by atoms with Gasteiger partial charge in [-0.2, -0.15) is 0 Å². The first kappa shape index (κ1) is 16.7. The van der Waals surface area contributed by atoms with E-state index in [0.717, 1.165) is 18.4 Å². The van der Waals surface area contributed by atoms with E-state index in [1.54, 1.807) is 13.8 Å². The molecule has 1 aliphatic carbocycles. The van der Waals surface area contributed by atoms with Gasteiger partial charge in [0.05, 0.1) is 18.2 Å². The molecule has 0 amide bonds. The predicted octanol–water partition coefficient (Wildman–Crippen LogP) is 3.96. The van der Waals surface area contributed by atoms with E-state index < -0.39 is 17.5 Å². The van der Waals surface area contributed by atoms with E-state index in [2.05, 4.69) is 20.9 Å². The molecule has 22 heavy (non-hydrogen) atoms. The second-order valence-corrected chi connectivity index (χ2v) is 5.93. The van der Waals surface area contributed by atoms with Crippen LogP contribution < -0.4 is 0 Å². The highest BCUT2D eigenvalue weighted by Gasteiger charge is 2.23.